The highest BCUT2D eigenvalue weighted by molar-refractivity contribution is 7.88. The van der Waals surface area contributed by atoms with Crippen LogP contribution in [0.25, 0.3) is 11.3 Å². The molecule has 3 rings (SSSR count). The Morgan fingerprint density at radius 1 is 1.24 bits per heavy atom. The molecule has 1 aliphatic rings. The van der Waals surface area contributed by atoms with E-state index in [1.807, 2.05) is 18.2 Å². The number of aromatic nitrogens is 2. The number of benzene rings is 1. The number of piperidine rings is 1. The van der Waals surface area contributed by atoms with Gasteiger partial charge in [0.1, 0.15) is 0 Å². The van der Waals surface area contributed by atoms with E-state index >= 15 is 0 Å². The van der Waals surface area contributed by atoms with Crippen LogP contribution in [0.15, 0.2) is 42.9 Å². The fourth-order valence-corrected chi connectivity index (χ4v) is 3.79. The summed E-state index contributed by atoms with van der Waals surface area (Å²) < 4.78 is 25.2. The summed E-state index contributed by atoms with van der Waals surface area (Å²) in [7, 11) is -3.22. The van der Waals surface area contributed by atoms with Gasteiger partial charge in [-0.3, -0.25) is 14.8 Å². The van der Waals surface area contributed by atoms with E-state index in [9.17, 15) is 13.2 Å². The minimum atomic E-state index is -3.22. The highest BCUT2D eigenvalue weighted by atomic mass is 32.2. The van der Waals surface area contributed by atoms with Gasteiger partial charge in [-0.15, -0.1) is 0 Å². The molecule has 1 N–H and O–H groups in total. The van der Waals surface area contributed by atoms with Gasteiger partial charge in [-0.1, -0.05) is 12.1 Å². The molecule has 1 amide bonds. The molecule has 1 fully saturated rings. The third-order valence-corrected chi connectivity index (χ3v) is 4.89. The molecule has 1 aliphatic heterocycles. The van der Waals surface area contributed by atoms with Crippen LogP contribution in [0.3, 0.4) is 0 Å². The lowest BCUT2D eigenvalue weighted by atomic mass is 10.0. The number of sulfonamides is 1. The molecule has 0 spiro atoms. The fourth-order valence-electron chi connectivity index (χ4n) is 2.95. The molecule has 2 aromatic rings. The average Bonchev–Trinajstić information content (AvgIpc) is 2.61. The van der Waals surface area contributed by atoms with E-state index in [-0.39, 0.29) is 11.9 Å². The van der Waals surface area contributed by atoms with Crippen molar-refractivity contribution in [1.82, 2.24) is 19.6 Å². The molecule has 0 atom stereocenters. The number of rotatable bonds is 4. The first-order valence-corrected chi connectivity index (χ1v) is 9.94. The molecule has 0 saturated carbocycles. The molecule has 0 aliphatic carbocycles. The van der Waals surface area contributed by atoms with Crippen LogP contribution in [0.1, 0.15) is 23.2 Å². The second-order valence-corrected chi connectivity index (χ2v) is 7.91. The van der Waals surface area contributed by atoms with Crippen LogP contribution in [0.2, 0.25) is 0 Å². The Kier molecular flexibility index (Phi) is 5.10. The first kappa shape index (κ1) is 17.5. The summed E-state index contributed by atoms with van der Waals surface area (Å²) in [5.74, 6) is -0.0523. The molecule has 8 heteroatoms. The van der Waals surface area contributed by atoms with Gasteiger partial charge < -0.3 is 4.90 Å². The standard InChI is InChI=1S/C17H20N4O3S/c1-25(23,24)20-15-5-9-21(10-6-15)17(22)14-4-2-3-13(11-14)16-12-18-7-8-19-16/h2-4,7-8,11-12,15,20H,5-6,9-10H2,1H3. The molecule has 1 saturated heterocycles. The van der Waals surface area contributed by atoms with Crippen molar-refractivity contribution in [3.05, 3.63) is 48.4 Å². The fraction of sp³-hybridized carbons (Fsp3) is 0.353. The average molecular weight is 360 g/mol. The molecule has 0 bridgehead atoms. The van der Waals surface area contributed by atoms with Crippen molar-refractivity contribution in [2.75, 3.05) is 19.3 Å². The van der Waals surface area contributed by atoms with E-state index in [2.05, 4.69) is 14.7 Å². The van der Waals surface area contributed by atoms with E-state index < -0.39 is 10.0 Å². The number of carbonyl (C=O) groups excluding carboxylic acids is 1. The predicted octanol–water partition coefficient (Wildman–Crippen LogP) is 1.30. The Labute approximate surface area is 147 Å². The number of amides is 1. The third-order valence-electron chi connectivity index (χ3n) is 4.13. The maximum absolute atomic E-state index is 12.7. The van der Waals surface area contributed by atoms with Gasteiger partial charge in [0.15, 0.2) is 0 Å². The van der Waals surface area contributed by atoms with Crippen molar-refractivity contribution < 1.29 is 13.2 Å². The summed E-state index contributed by atoms with van der Waals surface area (Å²) in [4.78, 5) is 22.8. The minimum Gasteiger partial charge on any atom is -0.339 e. The van der Waals surface area contributed by atoms with Gasteiger partial charge >= 0.3 is 0 Å². The Hall–Kier alpha value is -2.32. The van der Waals surface area contributed by atoms with Gasteiger partial charge in [0.25, 0.3) is 5.91 Å². The monoisotopic (exact) mass is 360 g/mol. The number of likely N-dealkylation sites (tertiary alicyclic amines) is 1. The zero-order valence-corrected chi connectivity index (χ0v) is 14.7. The number of nitrogens with one attached hydrogen (secondary N) is 1. The summed E-state index contributed by atoms with van der Waals surface area (Å²) in [6.07, 6.45) is 7.26. The smallest absolute Gasteiger partial charge is 0.253 e. The van der Waals surface area contributed by atoms with Crippen LogP contribution in [-0.2, 0) is 10.0 Å². The normalized spacial score (nSPS) is 16.0. The summed E-state index contributed by atoms with van der Waals surface area (Å²) in [5, 5.41) is 0. The highest BCUT2D eigenvalue weighted by Gasteiger charge is 2.25. The number of hydrogen-bond acceptors (Lipinski definition) is 5. The van der Waals surface area contributed by atoms with Crippen LogP contribution >= 0.6 is 0 Å². The van der Waals surface area contributed by atoms with Crippen LogP contribution in [0.4, 0.5) is 0 Å². The first-order valence-electron chi connectivity index (χ1n) is 8.05. The van der Waals surface area contributed by atoms with E-state index in [1.54, 1.807) is 29.6 Å². The molecular weight excluding hydrogens is 340 g/mol. The van der Waals surface area contributed by atoms with E-state index in [1.165, 1.54) is 0 Å². The Balaban J connectivity index is 1.68. The van der Waals surface area contributed by atoms with Crippen molar-refractivity contribution >= 4 is 15.9 Å². The number of hydrogen-bond donors (Lipinski definition) is 1. The first-order chi connectivity index (χ1) is 11.9. The van der Waals surface area contributed by atoms with Crippen molar-refractivity contribution in [1.29, 1.82) is 0 Å². The largest absolute Gasteiger partial charge is 0.339 e. The van der Waals surface area contributed by atoms with Crippen LogP contribution in [0.5, 0.6) is 0 Å². The quantitative estimate of drug-likeness (QED) is 0.887. The number of nitrogens with zero attached hydrogens (tertiary/aromatic N) is 3. The van der Waals surface area contributed by atoms with Gasteiger partial charge in [-0.2, -0.15) is 0 Å². The molecule has 1 aromatic carbocycles. The van der Waals surface area contributed by atoms with Gasteiger partial charge in [0.05, 0.1) is 18.1 Å². The van der Waals surface area contributed by atoms with Crippen LogP contribution in [0, 0.1) is 0 Å². The topological polar surface area (TPSA) is 92.3 Å². The van der Waals surface area contributed by atoms with Crippen LogP contribution < -0.4 is 4.72 Å². The summed E-state index contributed by atoms with van der Waals surface area (Å²) in [6.45, 7) is 1.06. The molecule has 0 unspecified atom stereocenters. The zero-order chi connectivity index (χ0) is 17.9. The molecule has 1 aromatic heterocycles. The van der Waals surface area contributed by atoms with Crippen molar-refractivity contribution in [3.63, 3.8) is 0 Å². The molecule has 132 valence electrons. The third kappa shape index (κ3) is 4.61. The van der Waals surface area contributed by atoms with Crippen molar-refractivity contribution in [3.8, 4) is 11.3 Å². The second-order valence-electron chi connectivity index (χ2n) is 6.13. The summed E-state index contributed by atoms with van der Waals surface area (Å²) in [5.41, 5.74) is 2.15. The summed E-state index contributed by atoms with van der Waals surface area (Å²) in [6, 6.07) is 7.21. The second kappa shape index (κ2) is 7.28. The highest BCUT2D eigenvalue weighted by Crippen LogP contribution is 2.20. The molecular formula is C17H20N4O3S. The summed E-state index contributed by atoms with van der Waals surface area (Å²) >= 11 is 0. The maximum Gasteiger partial charge on any atom is 0.253 e. The minimum absolute atomic E-state index is 0.0523. The lowest BCUT2D eigenvalue weighted by Gasteiger charge is -2.32. The van der Waals surface area contributed by atoms with Gasteiger partial charge in [-0.05, 0) is 25.0 Å². The van der Waals surface area contributed by atoms with Crippen molar-refractivity contribution in [2.24, 2.45) is 0 Å². The molecule has 0 radical (unpaired) electrons. The van der Waals surface area contributed by atoms with E-state index in [0.29, 0.717) is 37.2 Å². The number of carbonyl (C=O) groups is 1. The SMILES string of the molecule is CS(=O)(=O)NC1CCN(C(=O)c2cccc(-c3cnccn3)c2)CC1. The van der Waals surface area contributed by atoms with E-state index in [4.69, 9.17) is 0 Å². The Morgan fingerprint density at radius 3 is 2.64 bits per heavy atom. The van der Waals surface area contributed by atoms with Gasteiger partial charge in [0, 0.05) is 42.7 Å². The lowest BCUT2D eigenvalue weighted by Crippen LogP contribution is -2.46. The molecule has 7 nitrogen and oxygen atoms in total. The Bertz CT molecular complexity index is 847. The van der Waals surface area contributed by atoms with E-state index in [0.717, 1.165) is 11.8 Å². The maximum atomic E-state index is 12.7. The zero-order valence-electron chi connectivity index (χ0n) is 13.9. The van der Waals surface area contributed by atoms with Gasteiger partial charge in [0.2, 0.25) is 10.0 Å². The molecule has 25 heavy (non-hydrogen) atoms. The Morgan fingerprint density at radius 2 is 2.00 bits per heavy atom. The molecule has 2 heterocycles. The van der Waals surface area contributed by atoms with Crippen molar-refractivity contribution in [2.45, 2.75) is 18.9 Å². The van der Waals surface area contributed by atoms with Crippen LogP contribution in [-0.4, -0.2) is 54.6 Å². The lowest BCUT2D eigenvalue weighted by molar-refractivity contribution is 0.0711. The van der Waals surface area contributed by atoms with Gasteiger partial charge in [-0.25, -0.2) is 13.1 Å². The predicted molar refractivity (Wildman–Crippen MR) is 94.4 cm³/mol.